The molecule has 1 aromatic carbocycles. The number of halogens is 1. The van der Waals surface area contributed by atoms with Crippen molar-refractivity contribution in [2.75, 3.05) is 39.5 Å². The lowest BCUT2D eigenvalue weighted by molar-refractivity contribution is -0.125. The quantitative estimate of drug-likeness (QED) is 0.198. The number of rotatable bonds is 8. The molecular weight excluding hydrogens is 516 g/mol. The summed E-state index contributed by atoms with van der Waals surface area (Å²) >= 11 is 6.42. The third-order valence-electron chi connectivity index (χ3n) is 7.03. The van der Waals surface area contributed by atoms with E-state index in [2.05, 4.69) is 47.5 Å². The fourth-order valence-corrected chi connectivity index (χ4v) is 5.47. The molecule has 2 amide bonds. The highest BCUT2D eigenvalue weighted by molar-refractivity contribution is 6.32. The van der Waals surface area contributed by atoms with Crippen LogP contribution in [0.5, 0.6) is 0 Å². The van der Waals surface area contributed by atoms with Crippen LogP contribution in [0.4, 0.5) is 5.69 Å². The Bertz CT molecular complexity index is 1290. The minimum Gasteiger partial charge on any atom is -0.398 e. The Kier molecular flexibility index (Phi) is 9.12. The number of hydrogen-bond donors (Lipinski definition) is 3. The summed E-state index contributed by atoms with van der Waals surface area (Å²) in [4.78, 5) is 38.5. The molecule has 1 fully saturated rings. The van der Waals surface area contributed by atoms with Gasteiger partial charge in [-0.1, -0.05) is 39.0 Å². The minimum absolute atomic E-state index is 0.0908. The van der Waals surface area contributed by atoms with Crippen molar-refractivity contribution in [3.8, 4) is 0 Å². The van der Waals surface area contributed by atoms with Crippen molar-refractivity contribution in [2.45, 2.75) is 45.7 Å². The van der Waals surface area contributed by atoms with Crippen molar-refractivity contribution in [1.29, 1.82) is 0 Å². The fourth-order valence-electron chi connectivity index (χ4n) is 5.01. The molecule has 2 aromatic rings. The number of anilines is 1. The maximum Gasteiger partial charge on any atom is 0.270 e. The average Bonchev–Trinajstić information content (AvgIpc) is 3.34. The van der Waals surface area contributed by atoms with E-state index < -0.39 is 0 Å². The third-order valence-corrected chi connectivity index (χ3v) is 7.35. The number of likely N-dealkylation sites (tertiary alicyclic amines) is 1. The van der Waals surface area contributed by atoms with Crippen LogP contribution in [0.15, 0.2) is 29.8 Å². The summed E-state index contributed by atoms with van der Waals surface area (Å²) in [5, 5.41) is 3.72. The smallest absolute Gasteiger partial charge is 0.270 e. The van der Waals surface area contributed by atoms with Crippen molar-refractivity contribution in [3.05, 3.63) is 58.1 Å². The molecule has 1 aromatic heterocycles. The van der Waals surface area contributed by atoms with Gasteiger partial charge in [0.1, 0.15) is 17.4 Å². The van der Waals surface area contributed by atoms with E-state index in [0.29, 0.717) is 46.6 Å². The zero-order valence-electron chi connectivity index (χ0n) is 24.0. The molecular formula is C28H41ClN8O2. The molecule has 5 N–H and O–H groups in total. The van der Waals surface area contributed by atoms with E-state index in [4.69, 9.17) is 23.1 Å². The molecule has 1 aliphatic heterocycles. The summed E-state index contributed by atoms with van der Waals surface area (Å²) in [7, 11) is 5.73. The lowest BCUT2D eigenvalue weighted by atomic mass is 9.85. The van der Waals surface area contributed by atoms with Gasteiger partial charge in [0.25, 0.3) is 5.91 Å². The first-order valence-electron chi connectivity index (χ1n) is 12.9. The number of amidine groups is 1. The van der Waals surface area contributed by atoms with Gasteiger partial charge in [-0.05, 0) is 50.2 Å². The van der Waals surface area contributed by atoms with Crippen molar-refractivity contribution in [3.63, 3.8) is 0 Å². The molecule has 1 saturated heterocycles. The molecule has 2 atom stereocenters. The molecule has 10 nitrogen and oxygen atoms in total. The highest BCUT2D eigenvalue weighted by atomic mass is 35.5. The standard InChI is InChI=1S/C28H41ClN8O2/c1-9-24(38)37-14-17(13-35(6)7)22(15-37)34-27(39)25-16(2)33-23(36(25)8)12-32-26(31)18-10-19(28(3,4)5)20(29)11-21(18)30/h9-11,17,22H,1,12-15,30H2,2-8H3,(H2,31,32)(H,34,39)/t17-,22+/m1/s1. The van der Waals surface area contributed by atoms with E-state index in [1.54, 1.807) is 29.5 Å². The van der Waals surface area contributed by atoms with Crippen LogP contribution >= 0.6 is 11.6 Å². The van der Waals surface area contributed by atoms with Gasteiger partial charge in [0.2, 0.25) is 5.91 Å². The molecule has 0 bridgehead atoms. The Morgan fingerprint density at radius 3 is 2.56 bits per heavy atom. The van der Waals surface area contributed by atoms with Crippen molar-refractivity contribution >= 4 is 34.9 Å². The summed E-state index contributed by atoms with van der Waals surface area (Å²) in [6.45, 7) is 13.5. The van der Waals surface area contributed by atoms with Gasteiger partial charge in [0, 0.05) is 48.9 Å². The van der Waals surface area contributed by atoms with Gasteiger partial charge >= 0.3 is 0 Å². The molecule has 0 spiro atoms. The number of hydrogen-bond acceptors (Lipinski definition) is 6. The van der Waals surface area contributed by atoms with E-state index in [1.807, 2.05) is 20.2 Å². The number of amides is 2. The van der Waals surface area contributed by atoms with Gasteiger partial charge in [0.15, 0.2) is 0 Å². The van der Waals surface area contributed by atoms with Gasteiger partial charge < -0.3 is 31.2 Å². The maximum absolute atomic E-state index is 13.4. The summed E-state index contributed by atoms with van der Waals surface area (Å²) in [5.74, 6) is 0.563. The Hall–Kier alpha value is -3.37. The number of aliphatic imine (C=N–C) groups is 1. The van der Waals surface area contributed by atoms with Crippen molar-refractivity contribution in [1.82, 2.24) is 24.7 Å². The second-order valence-corrected chi connectivity index (χ2v) is 11.8. The molecule has 0 radical (unpaired) electrons. The van der Waals surface area contributed by atoms with E-state index in [-0.39, 0.29) is 41.6 Å². The van der Waals surface area contributed by atoms with Crippen LogP contribution < -0.4 is 16.8 Å². The van der Waals surface area contributed by atoms with Gasteiger partial charge in [0.05, 0.1) is 18.3 Å². The zero-order valence-corrected chi connectivity index (χ0v) is 24.8. The predicted molar refractivity (Wildman–Crippen MR) is 157 cm³/mol. The fraction of sp³-hybridized carbons (Fsp3) is 0.500. The summed E-state index contributed by atoms with van der Waals surface area (Å²) in [6, 6.07) is 3.38. The Balaban J connectivity index is 1.81. The number of benzene rings is 1. The van der Waals surface area contributed by atoms with E-state index >= 15 is 0 Å². The van der Waals surface area contributed by atoms with Gasteiger partial charge in [-0.3, -0.25) is 14.6 Å². The lowest BCUT2D eigenvalue weighted by Crippen LogP contribution is -2.44. The topological polar surface area (TPSA) is 135 Å². The summed E-state index contributed by atoms with van der Waals surface area (Å²) in [6.07, 6.45) is 1.31. The van der Waals surface area contributed by atoms with Gasteiger partial charge in [-0.2, -0.15) is 0 Å². The van der Waals surface area contributed by atoms with E-state index in [9.17, 15) is 9.59 Å². The minimum atomic E-state index is -0.246. The predicted octanol–water partition coefficient (Wildman–Crippen LogP) is 2.47. The first kappa shape index (κ1) is 30.2. The molecule has 2 heterocycles. The number of carbonyl (C=O) groups is 2. The first-order chi connectivity index (χ1) is 18.1. The van der Waals surface area contributed by atoms with Crippen LogP contribution in [0.1, 0.15) is 53.9 Å². The summed E-state index contributed by atoms with van der Waals surface area (Å²) < 4.78 is 1.73. The van der Waals surface area contributed by atoms with Crippen molar-refractivity contribution in [2.24, 2.45) is 23.7 Å². The largest absolute Gasteiger partial charge is 0.398 e. The van der Waals surface area contributed by atoms with E-state index in [0.717, 1.165) is 12.1 Å². The monoisotopic (exact) mass is 556 g/mol. The number of nitrogens with zero attached hydrogens (tertiary/aromatic N) is 5. The van der Waals surface area contributed by atoms with Gasteiger partial charge in [-0.15, -0.1) is 0 Å². The lowest BCUT2D eigenvalue weighted by Gasteiger charge is -2.22. The van der Waals surface area contributed by atoms with Crippen LogP contribution in [0.3, 0.4) is 0 Å². The third kappa shape index (κ3) is 6.80. The van der Waals surface area contributed by atoms with Crippen LogP contribution in [0.2, 0.25) is 5.02 Å². The normalized spacial score (nSPS) is 18.1. The molecule has 39 heavy (non-hydrogen) atoms. The number of aryl methyl sites for hydroxylation is 1. The van der Waals surface area contributed by atoms with Crippen LogP contribution in [-0.4, -0.2) is 76.8 Å². The number of nitrogen functional groups attached to an aromatic ring is 1. The highest BCUT2D eigenvalue weighted by Gasteiger charge is 2.36. The Morgan fingerprint density at radius 2 is 1.97 bits per heavy atom. The molecule has 0 unspecified atom stereocenters. The number of carbonyl (C=O) groups excluding carboxylic acids is 2. The summed E-state index contributed by atoms with van der Waals surface area (Å²) in [5.41, 5.74) is 15.4. The molecule has 212 valence electrons. The van der Waals surface area contributed by atoms with Crippen LogP contribution in [0, 0.1) is 12.8 Å². The number of nitrogens with two attached hydrogens (primary N) is 2. The molecule has 11 heteroatoms. The van der Waals surface area contributed by atoms with Crippen LogP contribution in [0.25, 0.3) is 0 Å². The van der Waals surface area contributed by atoms with E-state index in [1.165, 1.54) is 6.08 Å². The Labute approximate surface area is 236 Å². The average molecular weight is 557 g/mol. The number of imidazole rings is 1. The van der Waals surface area contributed by atoms with Crippen molar-refractivity contribution < 1.29 is 9.59 Å². The number of nitrogens with one attached hydrogen (secondary N) is 1. The van der Waals surface area contributed by atoms with Gasteiger partial charge in [-0.25, -0.2) is 4.98 Å². The number of aromatic nitrogens is 2. The first-order valence-corrected chi connectivity index (χ1v) is 13.3. The molecule has 1 aliphatic rings. The maximum atomic E-state index is 13.4. The molecule has 3 rings (SSSR count). The second kappa shape index (κ2) is 11.8. The highest BCUT2D eigenvalue weighted by Crippen LogP contribution is 2.33. The molecule has 0 aliphatic carbocycles. The Morgan fingerprint density at radius 1 is 1.31 bits per heavy atom. The zero-order chi connectivity index (χ0) is 29.2. The molecule has 0 saturated carbocycles. The second-order valence-electron chi connectivity index (χ2n) is 11.4. The van der Waals surface area contributed by atoms with Crippen LogP contribution in [-0.2, 0) is 23.8 Å². The SMILES string of the molecule is C=CC(=O)N1C[C@@H](CN(C)C)[C@@H](NC(=O)c2c(C)nc(CN=C(N)c3cc(C(C)(C)C)c(Cl)cc3N)n2C)C1.